The summed E-state index contributed by atoms with van der Waals surface area (Å²) in [5.41, 5.74) is 39.9. The SMILES string of the molecule is Cc1ccc(-c2cc(-c3ccc4c(c3)c3ccccc3n4-c3ccc(-c4ccccc4)cc3)cc(-c3ccc(C)cc3)n2)cc1.c1ccc(-c2ccc(-n3c4ccccc4c4cc(-c5cc(-c6ccccc6)nc(-c6ccccc6)c5)ccc43)cc2)cc1.c1ccc(-c2ccc3c(c2)c2cc(-c4cc(-c5ccccc5)nc(-c5ccccc5)c4)ccc2n3-c2ccccc2)cc1. The van der Waals surface area contributed by atoms with Crippen LogP contribution < -0.4 is 0 Å². The van der Waals surface area contributed by atoms with Crippen LogP contribution in [-0.4, -0.2) is 28.7 Å². The molecule has 6 heteroatoms. The van der Waals surface area contributed by atoms with Crippen LogP contribution >= 0.6 is 0 Å². The molecule has 0 unspecified atom stereocenters. The second-order valence-corrected chi connectivity index (χ2v) is 33.6. The summed E-state index contributed by atoms with van der Waals surface area (Å²) >= 11 is 0. The van der Waals surface area contributed by atoms with Crippen LogP contribution in [0.25, 0.3) is 217 Å². The Morgan fingerprint density at radius 1 is 0.130 bits per heavy atom. The van der Waals surface area contributed by atoms with Crippen molar-refractivity contribution in [1.82, 2.24) is 28.7 Å². The summed E-state index contributed by atoms with van der Waals surface area (Å²) in [5.74, 6) is 0. The highest BCUT2D eigenvalue weighted by Crippen LogP contribution is 2.44. The topological polar surface area (TPSA) is 53.5 Å². The maximum absolute atomic E-state index is 5.14. The van der Waals surface area contributed by atoms with Crippen molar-refractivity contribution in [1.29, 1.82) is 0 Å². The molecule has 0 saturated carbocycles. The van der Waals surface area contributed by atoms with Crippen molar-refractivity contribution >= 4 is 65.4 Å². The molecule has 0 aliphatic carbocycles. The second kappa shape index (κ2) is 35.3. The van der Waals surface area contributed by atoms with Crippen molar-refractivity contribution in [3.63, 3.8) is 0 Å². The summed E-state index contributed by atoms with van der Waals surface area (Å²) in [5, 5.41) is 7.43. The molecule has 6 heterocycles. The third-order valence-corrected chi connectivity index (χ3v) is 25.1. The van der Waals surface area contributed by atoms with Crippen LogP contribution in [0.3, 0.4) is 0 Å². The first-order chi connectivity index (χ1) is 64.7. The molecule has 131 heavy (non-hydrogen) atoms. The lowest BCUT2D eigenvalue weighted by molar-refractivity contribution is 1.18. The van der Waals surface area contributed by atoms with Gasteiger partial charge in [-0.05, 0) is 214 Å². The van der Waals surface area contributed by atoms with E-state index in [9.17, 15) is 0 Å². The highest BCUT2D eigenvalue weighted by Gasteiger charge is 2.22. The standard InChI is InChI=1S/C43H32N2.2C41H28N2/c1-29-12-16-33(17-13-29)40-27-36(28-41(44-40)34-18-14-30(2)15-19-34)35-22-25-43-39(26-35)38-10-6-7-11-42(38)45(43)37-23-20-32(21-24-37)31-8-4-3-5-9-31;1-5-13-29(14-6-1)32-21-23-40-36(25-32)37-26-33(22-24-41(37)43(40)35-19-11-4-12-20-35)34-27-38(30-15-7-2-8-16-30)42-39(28-34)31-17-9-3-10-18-31;1-4-12-29(13-5-1)30-20-23-35(24-21-30)43-40-19-11-10-18-36(40)37-26-33(22-25-41(37)43)34-27-38(31-14-6-2-7-15-31)42-39(28-34)32-16-8-3-9-17-32/h3-28H,1-2H3;2*1-28H. The molecule has 0 amide bonds. The first-order valence-corrected chi connectivity index (χ1v) is 44.7. The van der Waals surface area contributed by atoms with E-state index >= 15 is 0 Å². The average molecular weight is 1670 g/mol. The summed E-state index contributed by atoms with van der Waals surface area (Å²) in [7, 11) is 0. The molecule has 618 valence electrons. The summed E-state index contributed by atoms with van der Waals surface area (Å²) in [6.45, 7) is 4.24. The van der Waals surface area contributed by atoms with E-state index in [1.807, 2.05) is 24.3 Å². The summed E-state index contributed by atoms with van der Waals surface area (Å²) < 4.78 is 7.13. The highest BCUT2D eigenvalue weighted by atomic mass is 15.0. The molecule has 6 aromatic heterocycles. The first kappa shape index (κ1) is 79.7. The van der Waals surface area contributed by atoms with Crippen molar-refractivity contribution in [2.24, 2.45) is 0 Å². The number of rotatable bonds is 15. The van der Waals surface area contributed by atoms with Gasteiger partial charge in [0, 0.05) is 82.8 Å². The maximum Gasteiger partial charge on any atom is 0.0715 e. The van der Waals surface area contributed by atoms with Crippen molar-refractivity contribution in [2.45, 2.75) is 13.8 Å². The van der Waals surface area contributed by atoms with Crippen molar-refractivity contribution in [2.75, 3.05) is 0 Å². The van der Waals surface area contributed by atoms with E-state index in [4.69, 9.17) is 15.0 Å². The molecule has 0 bridgehead atoms. The van der Waals surface area contributed by atoms with Crippen LogP contribution in [0.4, 0.5) is 0 Å². The zero-order valence-electron chi connectivity index (χ0n) is 72.5. The third-order valence-electron chi connectivity index (χ3n) is 25.1. The third kappa shape index (κ3) is 16.2. The molecule has 0 spiro atoms. The Bertz CT molecular complexity index is 8060. The fraction of sp³-hybridized carbons (Fsp3) is 0.0160. The molecule has 0 aliphatic rings. The van der Waals surface area contributed by atoms with Gasteiger partial charge in [0.05, 0.1) is 67.3 Å². The van der Waals surface area contributed by atoms with E-state index < -0.39 is 0 Å². The number of aromatic nitrogens is 6. The minimum Gasteiger partial charge on any atom is -0.309 e. The molecule has 0 atom stereocenters. The van der Waals surface area contributed by atoms with Crippen molar-refractivity contribution < 1.29 is 0 Å². The van der Waals surface area contributed by atoms with Crippen molar-refractivity contribution in [3.8, 4) is 151 Å². The van der Waals surface area contributed by atoms with E-state index in [2.05, 4.69) is 501 Å². The monoisotopic (exact) mass is 1670 g/mol. The van der Waals surface area contributed by atoms with Gasteiger partial charge in [-0.1, -0.05) is 375 Å². The molecule has 0 fully saturated rings. The number of pyridine rings is 3. The summed E-state index contributed by atoms with van der Waals surface area (Å²) in [4.78, 5) is 15.3. The molecule has 24 rings (SSSR count). The molecule has 0 radical (unpaired) electrons. The van der Waals surface area contributed by atoms with Gasteiger partial charge < -0.3 is 13.7 Å². The largest absolute Gasteiger partial charge is 0.309 e. The number of benzene rings is 18. The van der Waals surface area contributed by atoms with Gasteiger partial charge in [0.25, 0.3) is 0 Å². The highest BCUT2D eigenvalue weighted by molar-refractivity contribution is 6.14. The van der Waals surface area contributed by atoms with Gasteiger partial charge in [-0.2, -0.15) is 0 Å². The van der Waals surface area contributed by atoms with Crippen LogP contribution in [0, 0.1) is 13.8 Å². The summed E-state index contributed by atoms with van der Waals surface area (Å²) in [6, 6.07) is 177. The Hall–Kier alpha value is -17.2. The van der Waals surface area contributed by atoms with Gasteiger partial charge in [-0.15, -0.1) is 0 Å². The quantitative estimate of drug-likeness (QED) is 0.103. The lowest BCUT2D eigenvalue weighted by atomic mass is 9.98. The maximum atomic E-state index is 5.14. The Morgan fingerprint density at radius 2 is 0.313 bits per heavy atom. The van der Waals surface area contributed by atoms with E-state index in [1.165, 1.54) is 127 Å². The van der Waals surface area contributed by atoms with Crippen LogP contribution in [0.5, 0.6) is 0 Å². The van der Waals surface area contributed by atoms with E-state index in [0.29, 0.717) is 0 Å². The first-order valence-electron chi connectivity index (χ1n) is 44.7. The predicted molar refractivity (Wildman–Crippen MR) is 550 cm³/mol. The van der Waals surface area contributed by atoms with Crippen LogP contribution in [0.15, 0.2) is 497 Å². The number of nitrogens with zero attached hydrogens (tertiary/aromatic N) is 6. The van der Waals surface area contributed by atoms with Gasteiger partial charge in [-0.25, -0.2) is 15.0 Å². The molecule has 6 nitrogen and oxygen atoms in total. The normalized spacial score (nSPS) is 11.3. The average Bonchev–Trinajstić information content (AvgIpc) is 1.60. The molecule has 18 aromatic carbocycles. The second-order valence-electron chi connectivity index (χ2n) is 33.6. The van der Waals surface area contributed by atoms with Crippen LogP contribution in [-0.2, 0) is 0 Å². The number of fused-ring (bicyclic) bond motifs is 9. The zero-order valence-corrected chi connectivity index (χ0v) is 72.5. The smallest absolute Gasteiger partial charge is 0.0715 e. The Kier molecular flexibility index (Phi) is 21.5. The van der Waals surface area contributed by atoms with Gasteiger partial charge >= 0.3 is 0 Å². The number of aryl methyl sites for hydroxylation is 2. The van der Waals surface area contributed by atoms with Gasteiger partial charge in [0.15, 0.2) is 0 Å². The lowest BCUT2D eigenvalue weighted by Crippen LogP contribution is -1.94. The Balaban J connectivity index is 0.000000115. The van der Waals surface area contributed by atoms with Gasteiger partial charge in [0.2, 0.25) is 0 Å². The minimum absolute atomic E-state index is 0.968. The fourth-order valence-electron chi connectivity index (χ4n) is 18.5. The Morgan fingerprint density at radius 3 is 0.595 bits per heavy atom. The zero-order chi connectivity index (χ0) is 87.5. The lowest BCUT2D eigenvalue weighted by Gasteiger charge is -2.12. The molecule has 0 aliphatic heterocycles. The number of para-hydroxylation sites is 3. The van der Waals surface area contributed by atoms with Crippen molar-refractivity contribution in [3.05, 3.63) is 509 Å². The Labute approximate surface area is 762 Å². The predicted octanol–water partition coefficient (Wildman–Crippen LogP) is 33.2. The van der Waals surface area contributed by atoms with Crippen LogP contribution in [0.1, 0.15) is 11.1 Å². The molecule has 0 saturated heterocycles. The minimum atomic E-state index is 0.968. The summed E-state index contributed by atoms with van der Waals surface area (Å²) in [6.07, 6.45) is 0. The molecular weight excluding hydrogens is 1590 g/mol. The van der Waals surface area contributed by atoms with Crippen LogP contribution in [0.2, 0.25) is 0 Å². The van der Waals surface area contributed by atoms with E-state index in [1.54, 1.807) is 0 Å². The number of hydrogen-bond acceptors (Lipinski definition) is 3. The molecule has 0 N–H and O–H groups in total. The molecule has 24 aromatic rings. The van der Waals surface area contributed by atoms with Gasteiger partial charge in [0.1, 0.15) is 0 Å². The molecular formula is C125H88N6. The van der Waals surface area contributed by atoms with E-state index in [-0.39, 0.29) is 0 Å². The van der Waals surface area contributed by atoms with Gasteiger partial charge in [-0.3, -0.25) is 0 Å². The van der Waals surface area contributed by atoms with E-state index in [0.717, 1.165) is 101 Å². The number of hydrogen-bond donors (Lipinski definition) is 0. The fourth-order valence-corrected chi connectivity index (χ4v) is 18.5.